The summed E-state index contributed by atoms with van der Waals surface area (Å²) in [4.78, 5) is 4.50. The summed E-state index contributed by atoms with van der Waals surface area (Å²) in [5, 5.41) is 0. The minimum atomic E-state index is 0. The molecule has 1 radical (unpaired) electrons. The molecule has 1 aliphatic rings. The van der Waals surface area contributed by atoms with Crippen molar-refractivity contribution in [1.29, 1.82) is 0 Å². The van der Waals surface area contributed by atoms with E-state index in [2.05, 4.69) is 21.9 Å². The van der Waals surface area contributed by atoms with Crippen LogP contribution in [0.4, 0.5) is 0 Å². The topological polar surface area (TPSA) is 0 Å². The van der Waals surface area contributed by atoms with Gasteiger partial charge in [0.25, 0.3) is 0 Å². The Bertz CT molecular complexity index is 65.6. The van der Waals surface area contributed by atoms with Crippen molar-refractivity contribution in [2.45, 2.75) is 0 Å². The van der Waals surface area contributed by atoms with Crippen molar-refractivity contribution in [1.82, 2.24) is 0 Å². The largest absolute Gasteiger partial charge is 0 e. The van der Waals surface area contributed by atoms with E-state index in [0.29, 0.717) is 0 Å². The molecule has 1 rings (SSSR count). The smallest absolute Gasteiger partial charge is 0 e. The maximum absolute atomic E-state index is 2.25. The molecule has 0 atom stereocenters. The molecule has 0 N–H and O–H groups in total. The Morgan fingerprint density at radius 2 is 1.50 bits per heavy atom. The monoisotopic (exact) mass is 235 g/mol. The van der Waals surface area contributed by atoms with Gasteiger partial charge in [-0.1, -0.05) is 0 Å². The number of rotatable bonds is 0. The number of hydrogen-bond acceptors (Lipinski definition) is 0. The van der Waals surface area contributed by atoms with Crippen molar-refractivity contribution in [3.8, 4) is 0 Å². The normalized spacial score (nSPS) is 14.7. The van der Waals surface area contributed by atoms with E-state index in [4.69, 9.17) is 0 Å². The van der Waals surface area contributed by atoms with Gasteiger partial charge in [0.2, 0.25) is 0 Å². The second kappa shape index (κ2) is 3.95. The molecule has 0 aromatic rings. The fraction of sp³-hybridized carbons (Fsp3) is 0. The number of allylic oxidation sites excluding steroid dienone is 2. The van der Waals surface area contributed by atoms with Crippen LogP contribution >= 0.6 is 0 Å². The van der Waals surface area contributed by atoms with Crippen molar-refractivity contribution in [3.63, 3.8) is 0 Å². The molecule has 0 unspecified atom stereocenters. The molecule has 0 saturated carbocycles. The van der Waals surface area contributed by atoms with E-state index in [-0.39, 0.29) is 38.1 Å². The first-order valence-electron chi connectivity index (χ1n) is 1.58. The maximum Gasteiger partial charge on any atom is 0 e. The third-order valence-corrected chi connectivity index (χ3v) is 2.11. The molecule has 0 aliphatic carbocycles. The summed E-state index contributed by atoms with van der Waals surface area (Å²) < 4.78 is 0. The Kier molecular flexibility index (Phi) is 4.46. The average molecular weight is 236 g/mol. The third-order valence-electron chi connectivity index (χ3n) is 0.496. The summed E-state index contributed by atoms with van der Waals surface area (Å²) in [7, 11) is 0. The van der Waals surface area contributed by atoms with Crippen LogP contribution in [-0.2, 0) is 22.4 Å². The summed E-state index contributed by atoms with van der Waals surface area (Å²) in [6, 6.07) is 0. The fourth-order valence-electron chi connectivity index (χ4n) is 0.278. The Balaban J connectivity index is 0.000000250. The molecule has 0 amide bonds. The van der Waals surface area contributed by atoms with Crippen molar-refractivity contribution >= 4 is 15.8 Å². The standard InChI is InChI=1S/C4H5As.Ag/c1-2-4-5-3-1;/h1-5H;. The van der Waals surface area contributed by atoms with E-state index >= 15 is 0 Å². The molecule has 0 bridgehead atoms. The summed E-state index contributed by atoms with van der Waals surface area (Å²) in [5.74, 6) is 0. The fourth-order valence-corrected chi connectivity index (χ4v) is 1.44. The van der Waals surface area contributed by atoms with E-state index in [1.54, 1.807) is 0 Å². The maximum atomic E-state index is 2.25. The van der Waals surface area contributed by atoms with Crippen molar-refractivity contribution in [3.05, 3.63) is 21.9 Å². The van der Waals surface area contributed by atoms with Crippen LogP contribution < -0.4 is 0 Å². The van der Waals surface area contributed by atoms with Crippen LogP contribution in [0.5, 0.6) is 0 Å². The van der Waals surface area contributed by atoms with Gasteiger partial charge in [0.05, 0.1) is 0 Å². The van der Waals surface area contributed by atoms with Crippen LogP contribution in [0.2, 0.25) is 0 Å². The quantitative estimate of drug-likeness (QED) is 0.536. The van der Waals surface area contributed by atoms with Crippen LogP contribution in [-0.4, -0.2) is 15.8 Å². The predicted octanol–water partition coefficient (Wildman–Crippen LogP) is 0.461. The summed E-state index contributed by atoms with van der Waals surface area (Å²) in [6.07, 6.45) is 4.22. The molecule has 0 aromatic carbocycles. The Labute approximate surface area is 59.9 Å². The van der Waals surface area contributed by atoms with E-state index in [0.717, 1.165) is 0 Å². The molecule has 1 aliphatic heterocycles. The molecule has 37 valence electrons. The van der Waals surface area contributed by atoms with E-state index in [9.17, 15) is 0 Å². The molecule has 0 fully saturated rings. The minimum absolute atomic E-state index is 0. The van der Waals surface area contributed by atoms with E-state index in [1.165, 1.54) is 0 Å². The zero-order valence-electron chi connectivity index (χ0n) is 3.11. The predicted molar refractivity (Wildman–Crippen MR) is 25.4 cm³/mol. The first kappa shape index (κ1) is 6.78. The first-order chi connectivity index (χ1) is 2.50. The van der Waals surface area contributed by atoms with E-state index in [1.807, 2.05) is 0 Å². The Morgan fingerprint density at radius 3 is 1.67 bits per heavy atom. The molecular formula is C4H5AgAs. The molecular weight excluding hydrogens is 231 g/mol. The first-order valence-corrected chi connectivity index (χ1v) is 4.00. The van der Waals surface area contributed by atoms with Crippen LogP contribution in [0.3, 0.4) is 0 Å². The van der Waals surface area contributed by atoms with Crippen LogP contribution in [0, 0.1) is 0 Å². The Hall–Kier alpha value is 0.779. The second-order valence-electron chi connectivity index (χ2n) is 0.885. The van der Waals surface area contributed by atoms with Crippen molar-refractivity contribution in [2.75, 3.05) is 0 Å². The van der Waals surface area contributed by atoms with Gasteiger partial charge in [-0.05, 0) is 0 Å². The average Bonchev–Trinajstić information content (AvgIpc) is 1.76. The van der Waals surface area contributed by atoms with Gasteiger partial charge >= 0.3 is 37.6 Å². The van der Waals surface area contributed by atoms with Gasteiger partial charge in [-0.25, -0.2) is 0 Å². The van der Waals surface area contributed by atoms with Crippen LogP contribution in [0.15, 0.2) is 21.9 Å². The molecule has 0 nitrogen and oxygen atoms in total. The minimum Gasteiger partial charge on any atom is 0 e. The molecule has 1 heterocycles. The summed E-state index contributed by atoms with van der Waals surface area (Å²) >= 11 is 0.278. The van der Waals surface area contributed by atoms with Crippen molar-refractivity contribution in [2.24, 2.45) is 0 Å². The van der Waals surface area contributed by atoms with Gasteiger partial charge < -0.3 is 0 Å². The van der Waals surface area contributed by atoms with Gasteiger partial charge in [0, 0.05) is 22.4 Å². The molecule has 0 spiro atoms. The number of hydrogen-bond donors (Lipinski definition) is 0. The van der Waals surface area contributed by atoms with Crippen LogP contribution in [0.25, 0.3) is 0 Å². The van der Waals surface area contributed by atoms with Crippen LogP contribution in [0.1, 0.15) is 0 Å². The molecule has 2 heteroatoms. The third kappa shape index (κ3) is 2.04. The van der Waals surface area contributed by atoms with Gasteiger partial charge in [0.15, 0.2) is 0 Å². The van der Waals surface area contributed by atoms with Crippen molar-refractivity contribution < 1.29 is 22.4 Å². The molecule has 0 saturated heterocycles. The summed E-state index contributed by atoms with van der Waals surface area (Å²) in [5.41, 5.74) is 0. The van der Waals surface area contributed by atoms with Gasteiger partial charge in [-0.2, -0.15) is 0 Å². The van der Waals surface area contributed by atoms with Gasteiger partial charge in [-0.15, -0.1) is 0 Å². The van der Waals surface area contributed by atoms with E-state index < -0.39 is 0 Å². The zero-order chi connectivity index (χ0) is 3.54. The second-order valence-corrected chi connectivity index (χ2v) is 2.98. The molecule has 6 heavy (non-hydrogen) atoms. The molecule has 0 aromatic heterocycles. The Morgan fingerprint density at radius 1 is 1.00 bits per heavy atom. The summed E-state index contributed by atoms with van der Waals surface area (Å²) in [6.45, 7) is 0. The van der Waals surface area contributed by atoms with Gasteiger partial charge in [-0.3, -0.25) is 0 Å². The van der Waals surface area contributed by atoms with Gasteiger partial charge in [0.1, 0.15) is 0 Å². The zero-order valence-corrected chi connectivity index (χ0v) is 6.69. The SMILES string of the molecule is C1=C[AsH]C=C1.[Ag].